The van der Waals surface area contributed by atoms with Crippen molar-refractivity contribution in [1.82, 2.24) is 0 Å². The van der Waals surface area contributed by atoms with E-state index in [0.717, 1.165) is 38.5 Å². The van der Waals surface area contributed by atoms with E-state index in [1.54, 1.807) is 12.1 Å². The minimum absolute atomic E-state index is 0.0671. The lowest BCUT2D eigenvalue weighted by Gasteiger charge is -2.08. The van der Waals surface area contributed by atoms with Gasteiger partial charge in [-0.1, -0.05) is 90.2 Å². The van der Waals surface area contributed by atoms with Gasteiger partial charge in [0.15, 0.2) is 0 Å². The average molecular weight is 757 g/mol. The van der Waals surface area contributed by atoms with Gasteiger partial charge in [0.05, 0.1) is 13.2 Å². The summed E-state index contributed by atoms with van der Waals surface area (Å²) in [6.45, 7) is 5.01. The fraction of sp³-hybridized carbons (Fsp3) is 0.410. The summed E-state index contributed by atoms with van der Waals surface area (Å²) in [5, 5.41) is 58.8. The van der Waals surface area contributed by atoms with Crippen LogP contribution in [0, 0.1) is 0 Å². The van der Waals surface area contributed by atoms with Crippen molar-refractivity contribution >= 4 is 41.5 Å². The fourth-order valence-corrected chi connectivity index (χ4v) is 4.64. The molecule has 0 aliphatic rings. The number of carboxylic acids is 3. The smallest absolute Gasteiger partial charge is 0.411 e. The highest BCUT2D eigenvalue weighted by atomic mass is 16.6. The van der Waals surface area contributed by atoms with Crippen molar-refractivity contribution in [2.24, 2.45) is 0 Å². The normalized spacial score (nSPS) is 10.0. The molecule has 0 bridgehead atoms. The number of unbranched alkanes of at least 4 members (excludes halogenated alkanes) is 10. The third-order valence-electron chi connectivity index (χ3n) is 7.55. The molecule has 0 fully saturated rings. The molecule has 8 N–H and O–H groups in total. The van der Waals surface area contributed by atoms with Gasteiger partial charge in [-0.15, -0.1) is 0 Å². The number of carboxylic acid groups (broad SMARTS) is 3. The molecule has 0 unspecified atom stereocenters. The number of hydrogen-bond acceptors (Lipinski definition) is 10. The van der Waals surface area contributed by atoms with Crippen molar-refractivity contribution in [2.45, 2.75) is 90.9 Å². The number of carbonyl (C=O) groups is 5. The molecule has 0 aromatic heterocycles. The fourth-order valence-electron chi connectivity index (χ4n) is 4.64. The monoisotopic (exact) mass is 756 g/mol. The van der Waals surface area contributed by atoms with E-state index in [1.807, 2.05) is 0 Å². The maximum absolute atomic E-state index is 11.5. The van der Waals surface area contributed by atoms with Crippen molar-refractivity contribution in [3.05, 3.63) is 77.4 Å². The van der Waals surface area contributed by atoms with Crippen LogP contribution in [0.3, 0.4) is 0 Å². The van der Waals surface area contributed by atoms with Crippen LogP contribution in [0.15, 0.2) is 60.7 Å². The number of amides is 2. The zero-order valence-corrected chi connectivity index (χ0v) is 30.7. The molecule has 3 aromatic rings. The van der Waals surface area contributed by atoms with Gasteiger partial charge in [-0.25, -0.2) is 24.0 Å². The Bertz CT molecular complexity index is 1540. The number of nitrogens with one attached hydrogen (secondary N) is 2. The molecule has 0 aliphatic heterocycles. The Kier molecular flexibility index (Phi) is 22.8. The molecule has 15 nitrogen and oxygen atoms in total. The van der Waals surface area contributed by atoms with Crippen LogP contribution in [-0.2, 0) is 9.47 Å². The summed E-state index contributed by atoms with van der Waals surface area (Å²) < 4.78 is 10.0. The Balaban J connectivity index is 0.000000433. The zero-order valence-electron chi connectivity index (χ0n) is 30.7. The molecular weight excluding hydrogens is 704 g/mol. The van der Waals surface area contributed by atoms with E-state index < -0.39 is 41.6 Å². The summed E-state index contributed by atoms with van der Waals surface area (Å²) in [5.41, 5.74) is 0.0744. The third kappa shape index (κ3) is 19.6. The topological polar surface area (TPSA) is 249 Å². The van der Waals surface area contributed by atoms with E-state index in [0.29, 0.717) is 13.2 Å². The van der Waals surface area contributed by atoms with E-state index in [2.05, 4.69) is 24.5 Å². The lowest BCUT2D eigenvalue weighted by molar-refractivity contribution is 0.0682. The number of hydrogen-bond donors (Lipinski definition) is 8. The van der Waals surface area contributed by atoms with Gasteiger partial charge >= 0.3 is 30.1 Å². The first-order chi connectivity index (χ1) is 25.8. The van der Waals surface area contributed by atoms with Gasteiger partial charge in [-0.3, -0.25) is 10.6 Å². The highest BCUT2D eigenvalue weighted by molar-refractivity contribution is 5.94. The molecule has 0 radical (unpaired) electrons. The van der Waals surface area contributed by atoms with E-state index >= 15 is 0 Å². The molecule has 0 heterocycles. The van der Waals surface area contributed by atoms with Gasteiger partial charge in [0.1, 0.15) is 33.9 Å². The second-order valence-corrected chi connectivity index (χ2v) is 12.0. The van der Waals surface area contributed by atoms with Gasteiger partial charge < -0.3 is 40.1 Å². The summed E-state index contributed by atoms with van der Waals surface area (Å²) >= 11 is 0. The molecule has 0 spiro atoms. The molecule has 0 saturated carbocycles. The van der Waals surface area contributed by atoms with Crippen molar-refractivity contribution in [2.75, 3.05) is 23.8 Å². The third-order valence-corrected chi connectivity index (χ3v) is 7.55. The van der Waals surface area contributed by atoms with Crippen molar-refractivity contribution in [3.8, 4) is 17.2 Å². The number of benzene rings is 3. The highest BCUT2D eigenvalue weighted by Crippen LogP contribution is 2.23. The Morgan fingerprint density at radius 2 is 0.833 bits per heavy atom. The Morgan fingerprint density at radius 3 is 1.17 bits per heavy atom. The molecule has 54 heavy (non-hydrogen) atoms. The summed E-state index contributed by atoms with van der Waals surface area (Å²) in [4.78, 5) is 54.9. The van der Waals surface area contributed by atoms with Gasteiger partial charge in [0.2, 0.25) is 0 Å². The first-order valence-electron chi connectivity index (χ1n) is 17.8. The van der Waals surface area contributed by atoms with Crippen molar-refractivity contribution in [3.63, 3.8) is 0 Å². The van der Waals surface area contributed by atoms with E-state index in [-0.39, 0.29) is 33.8 Å². The lowest BCUT2D eigenvalue weighted by atomic mass is 10.1. The zero-order chi connectivity index (χ0) is 40.3. The Hall–Kier alpha value is -5.99. The molecule has 0 saturated heterocycles. The van der Waals surface area contributed by atoms with Crippen LogP contribution in [0.5, 0.6) is 17.2 Å². The Morgan fingerprint density at radius 1 is 0.481 bits per heavy atom. The predicted molar refractivity (Wildman–Crippen MR) is 202 cm³/mol. The molecule has 296 valence electrons. The lowest BCUT2D eigenvalue weighted by Crippen LogP contribution is -2.14. The number of carbonyl (C=O) groups excluding carboxylic acids is 2. The van der Waals surface area contributed by atoms with Crippen LogP contribution in [0.4, 0.5) is 21.0 Å². The number of anilines is 2. The quantitative estimate of drug-likeness (QED) is 0.0532. The minimum Gasteiger partial charge on any atom is -0.507 e. The summed E-state index contributed by atoms with van der Waals surface area (Å²) in [6.07, 6.45) is 12.0. The maximum atomic E-state index is 11.5. The summed E-state index contributed by atoms with van der Waals surface area (Å²) in [7, 11) is 0. The first kappa shape index (κ1) is 46.0. The molecule has 0 aliphatic carbocycles. The van der Waals surface area contributed by atoms with Gasteiger partial charge in [-0.05, 0) is 49.2 Å². The Labute approximate surface area is 314 Å². The summed E-state index contributed by atoms with van der Waals surface area (Å²) in [5.74, 6) is -4.57. The van der Waals surface area contributed by atoms with E-state index in [1.165, 1.54) is 87.1 Å². The number of para-hydroxylation sites is 1. The minimum atomic E-state index is -1.23. The number of rotatable bonds is 19. The van der Waals surface area contributed by atoms with Crippen LogP contribution < -0.4 is 10.6 Å². The maximum Gasteiger partial charge on any atom is 0.411 e. The average Bonchev–Trinajstić information content (AvgIpc) is 3.11. The predicted octanol–water partition coefficient (Wildman–Crippen LogP) is 9.09. The highest BCUT2D eigenvalue weighted by Gasteiger charge is 2.13. The van der Waals surface area contributed by atoms with E-state index in [9.17, 15) is 34.2 Å². The molecular formula is C39H52N2O13. The van der Waals surface area contributed by atoms with Crippen LogP contribution in [0.1, 0.15) is 122 Å². The SMILES string of the molecule is CCCCCCCCOC(=O)Nc1ccc(C(=O)O)c(O)c1.CCCCCCCCOC(=O)Nc1ccc(C(=O)O)c(O)c1.O=C(O)c1ccccc1O. The number of aromatic carboxylic acids is 3. The van der Waals surface area contributed by atoms with Gasteiger partial charge in [0, 0.05) is 23.5 Å². The summed E-state index contributed by atoms with van der Waals surface area (Å²) in [6, 6.07) is 13.4. The number of ether oxygens (including phenoxy) is 2. The van der Waals surface area contributed by atoms with Gasteiger partial charge in [0.25, 0.3) is 0 Å². The standard InChI is InChI=1S/2C16H23NO5.C7H6O3/c2*1-2-3-4-5-6-7-10-22-16(21)17-12-8-9-13(15(19)20)14(18)11-12;8-6-4-2-1-3-5(6)7(9)10/h2*8-9,11,18H,2-7,10H2,1H3,(H,17,21)(H,19,20);1-4,8H,(H,9,10). The van der Waals surface area contributed by atoms with Crippen LogP contribution in [0.2, 0.25) is 0 Å². The van der Waals surface area contributed by atoms with Crippen molar-refractivity contribution in [1.29, 1.82) is 0 Å². The molecule has 3 rings (SSSR count). The largest absolute Gasteiger partial charge is 0.507 e. The van der Waals surface area contributed by atoms with Gasteiger partial charge in [-0.2, -0.15) is 0 Å². The molecule has 3 aromatic carbocycles. The molecule has 15 heteroatoms. The van der Waals surface area contributed by atoms with Crippen molar-refractivity contribution < 1.29 is 64.1 Å². The number of phenols is 3. The first-order valence-corrected chi connectivity index (χ1v) is 17.8. The molecule has 2 amide bonds. The van der Waals surface area contributed by atoms with E-state index in [4.69, 9.17) is 29.9 Å². The second-order valence-electron chi connectivity index (χ2n) is 12.0. The van der Waals surface area contributed by atoms with Crippen LogP contribution in [-0.4, -0.2) is 73.9 Å². The number of aromatic hydroxyl groups is 3. The molecule has 0 atom stereocenters. The van der Waals surface area contributed by atoms with Crippen LogP contribution in [0.25, 0.3) is 0 Å². The second kappa shape index (κ2) is 26.7. The van der Waals surface area contributed by atoms with Crippen LogP contribution >= 0.6 is 0 Å².